The maximum atomic E-state index is 12.8. The Balaban J connectivity index is 2.40. The molecule has 2 N–H and O–H groups in total. The van der Waals surface area contributed by atoms with Gasteiger partial charge < -0.3 is 5.73 Å². The molecular formula is C9H6F3N3S2. The molecule has 0 aliphatic rings. The average Bonchev–Trinajstić information content (AvgIpc) is 2.72. The molecule has 0 aliphatic heterocycles. The Morgan fingerprint density at radius 3 is 2.65 bits per heavy atom. The molecule has 0 atom stereocenters. The molecule has 0 saturated heterocycles. The Bertz CT molecular complexity index is 511. The van der Waals surface area contributed by atoms with Gasteiger partial charge in [0.2, 0.25) is 0 Å². The Labute approximate surface area is 103 Å². The highest BCUT2D eigenvalue weighted by atomic mass is 32.2. The standard InChI is InChI=1S/C9H6F3N3S2/c10-9(11,12)6-3-5(13)1-2-7(6)17-8-15-14-4-16-8/h1-4H,13H2. The minimum atomic E-state index is -4.43. The van der Waals surface area contributed by atoms with Crippen LogP contribution >= 0.6 is 23.1 Å². The molecule has 17 heavy (non-hydrogen) atoms. The average molecular weight is 277 g/mol. The fourth-order valence-corrected chi connectivity index (χ4v) is 2.73. The lowest BCUT2D eigenvalue weighted by atomic mass is 10.2. The topological polar surface area (TPSA) is 51.8 Å². The predicted molar refractivity (Wildman–Crippen MR) is 59.9 cm³/mol. The number of benzene rings is 1. The van der Waals surface area contributed by atoms with Gasteiger partial charge in [0, 0.05) is 10.6 Å². The number of hydrogen-bond acceptors (Lipinski definition) is 5. The molecule has 0 saturated carbocycles. The summed E-state index contributed by atoms with van der Waals surface area (Å²) in [6.07, 6.45) is -4.43. The number of nitrogens with zero attached hydrogens (tertiary/aromatic N) is 2. The zero-order valence-corrected chi connectivity index (χ0v) is 9.86. The van der Waals surface area contributed by atoms with Gasteiger partial charge in [-0.3, -0.25) is 0 Å². The fourth-order valence-electron chi connectivity index (χ4n) is 1.16. The highest BCUT2D eigenvalue weighted by Gasteiger charge is 2.34. The summed E-state index contributed by atoms with van der Waals surface area (Å²) in [6.45, 7) is 0. The lowest BCUT2D eigenvalue weighted by molar-refractivity contribution is -0.139. The van der Waals surface area contributed by atoms with Crippen molar-refractivity contribution in [2.24, 2.45) is 0 Å². The summed E-state index contributed by atoms with van der Waals surface area (Å²) in [5.74, 6) is 0. The van der Waals surface area contributed by atoms with E-state index in [0.717, 1.165) is 17.8 Å². The van der Waals surface area contributed by atoms with Crippen LogP contribution in [0.15, 0.2) is 32.9 Å². The Kier molecular flexibility index (Phi) is 3.25. The van der Waals surface area contributed by atoms with Gasteiger partial charge in [0.05, 0.1) is 5.56 Å². The van der Waals surface area contributed by atoms with E-state index < -0.39 is 11.7 Å². The summed E-state index contributed by atoms with van der Waals surface area (Å²) >= 11 is 2.11. The minimum Gasteiger partial charge on any atom is -0.399 e. The summed E-state index contributed by atoms with van der Waals surface area (Å²) in [7, 11) is 0. The van der Waals surface area contributed by atoms with E-state index in [-0.39, 0.29) is 10.6 Å². The molecule has 3 nitrogen and oxygen atoms in total. The molecule has 2 rings (SSSR count). The molecule has 0 amide bonds. The smallest absolute Gasteiger partial charge is 0.399 e. The third-order valence-corrected chi connectivity index (χ3v) is 3.70. The van der Waals surface area contributed by atoms with Crippen molar-refractivity contribution in [2.45, 2.75) is 15.4 Å². The number of hydrogen-bond donors (Lipinski definition) is 1. The predicted octanol–water partition coefficient (Wildman–Crippen LogP) is 3.29. The van der Waals surface area contributed by atoms with Crippen molar-refractivity contribution < 1.29 is 13.2 Å². The van der Waals surface area contributed by atoms with Crippen LogP contribution in [0.25, 0.3) is 0 Å². The lowest BCUT2D eigenvalue weighted by Crippen LogP contribution is -2.07. The van der Waals surface area contributed by atoms with E-state index >= 15 is 0 Å². The van der Waals surface area contributed by atoms with Gasteiger partial charge >= 0.3 is 6.18 Å². The van der Waals surface area contributed by atoms with Gasteiger partial charge in [-0.15, -0.1) is 10.2 Å². The molecule has 0 unspecified atom stereocenters. The van der Waals surface area contributed by atoms with Gasteiger partial charge in [-0.1, -0.05) is 23.1 Å². The van der Waals surface area contributed by atoms with Crippen LogP contribution in [0.4, 0.5) is 18.9 Å². The lowest BCUT2D eigenvalue weighted by Gasteiger charge is -2.11. The highest BCUT2D eigenvalue weighted by Crippen LogP contribution is 2.40. The molecule has 8 heteroatoms. The van der Waals surface area contributed by atoms with Crippen LogP contribution in [-0.4, -0.2) is 10.2 Å². The van der Waals surface area contributed by atoms with Crippen LogP contribution < -0.4 is 5.73 Å². The van der Waals surface area contributed by atoms with Gasteiger partial charge in [-0.2, -0.15) is 13.2 Å². The Morgan fingerprint density at radius 2 is 2.06 bits per heavy atom. The van der Waals surface area contributed by atoms with Gasteiger partial charge in [-0.05, 0) is 18.2 Å². The molecule has 90 valence electrons. The maximum Gasteiger partial charge on any atom is 0.417 e. The molecular weight excluding hydrogens is 271 g/mol. The monoisotopic (exact) mass is 277 g/mol. The molecule has 0 bridgehead atoms. The first-order chi connectivity index (χ1) is 7.97. The second-order valence-corrected chi connectivity index (χ2v) is 5.18. The van der Waals surface area contributed by atoms with E-state index in [2.05, 4.69) is 10.2 Å². The molecule has 1 heterocycles. The van der Waals surface area contributed by atoms with E-state index in [4.69, 9.17) is 5.73 Å². The number of halogens is 3. The normalized spacial score (nSPS) is 11.7. The Hall–Kier alpha value is -1.28. The quantitative estimate of drug-likeness (QED) is 0.856. The number of nitrogen functional groups attached to an aromatic ring is 1. The number of aromatic nitrogens is 2. The van der Waals surface area contributed by atoms with Gasteiger partial charge in [0.15, 0.2) is 4.34 Å². The highest BCUT2D eigenvalue weighted by molar-refractivity contribution is 8.01. The van der Waals surface area contributed by atoms with Crippen molar-refractivity contribution >= 4 is 28.8 Å². The third kappa shape index (κ3) is 2.89. The van der Waals surface area contributed by atoms with E-state index in [1.165, 1.54) is 29.0 Å². The van der Waals surface area contributed by atoms with Crippen LogP contribution in [0.3, 0.4) is 0 Å². The second kappa shape index (κ2) is 4.53. The minimum absolute atomic E-state index is 0.0726. The van der Waals surface area contributed by atoms with Gasteiger partial charge in [0.25, 0.3) is 0 Å². The number of alkyl halides is 3. The number of rotatable bonds is 2. The molecule has 0 radical (unpaired) electrons. The zero-order valence-electron chi connectivity index (χ0n) is 8.23. The number of nitrogens with two attached hydrogens (primary N) is 1. The van der Waals surface area contributed by atoms with E-state index in [1.807, 2.05) is 0 Å². The van der Waals surface area contributed by atoms with Crippen LogP contribution in [-0.2, 0) is 6.18 Å². The van der Waals surface area contributed by atoms with Crippen LogP contribution in [0.1, 0.15) is 5.56 Å². The largest absolute Gasteiger partial charge is 0.417 e. The van der Waals surface area contributed by atoms with Crippen LogP contribution in [0.5, 0.6) is 0 Å². The zero-order chi connectivity index (χ0) is 12.5. The summed E-state index contributed by atoms with van der Waals surface area (Å²) in [4.78, 5) is 0.0726. The van der Waals surface area contributed by atoms with E-state index in [9.17, 15) is 13.2 Å². The first-order valence-corrected chi connectivity index (χ1v) is 6.07. The molecule has 2 aromatic rings. The maximum absolute atomic E-state index is 12.8. The van der Waals surface area contributed by atoms with Crippen molar-refractivity contribution in [1.29, 1.82) is 0 Å². The van der Waals surface area contributed by atoms with Crippen molar-refractivity contribution in [3.05, 3.63) is 29.3 Å². The van der Waals surface area contributed by atoms with Gasteiger partial charge in [-0.25, -0.2) is 0 Å². The third-order valence-electron chi connectivity index (χ3n) is 1.85. The number of anilines is 1. The second-order valence-electron chi connectivity index (χ2n) is 3.06. The summed E-state index contributed by atoms with van der Waals surface area (Å²) in [5, 5.41) is 7.26. The van der Waals surface area contributed by atoms with Crippen LogP contribution in [0, 0.1) is 0 Å². The van der Waals surface area contributed by atoms with Crippen molar-refractivity contribution in [2.75, 3.05) is 5.73 Å². The van der Waals surface area contributed by atoms with E-state index in [1.54, 1.807) is 0 Å². The SMILES string of the molecule is Nc1ccc(Sc2nncs2)c(C(F)(F)F)c1. The summed E-state index contributed by atoms with van der Waals surface area (Å²) in [6, 6.07) is 3.69. The van der Waals surface area contributed by atoms with Crippen molar-refractivity contribution in [3.63, 3.8) is 0 Å². The molecule has 0 spiro atoms. The van der Waals surface area contributed by atoms with E-state index in [0.29, 0.717) is 4.34 Å². The summed E-state index contributed by atoms with van der Waals surface area (Å²) in [5.41, 5.74) is 6.16. The molecule has 1 aromatic carbocycles. The Morgan fingerprint density at radius 1 is 1.29 bits per heavy atom. The molecule has 0 fully saturated rings. The van der Waals surface area contributed by atoms with Gasteiger partial charge in [0.1, 0.15) is 5.51 Å². The fraction of sp³-hybridized carbons (Fsp3) is 0.111. The first-order valence-electron chi connectivity index (χ1n) is 4.37. The summed E-state index contributed by atoms with van der Waals surface area (Å²) < 4.78 is 38.7. The first kappa shape index (κ1) is 12.2. The molecule has 0 aliphatic carbocycles. The van der Waals surface area contributed by atoms with Crippen molar-refractivity contribution in [3.8, 4) is 0 Å². The van der Waals surface area contributed by atoms with Crippen LogP contribution in [0.2, 0.25) is 0 Å². The van der Waals surface area contributed by atoms with Crippen molar-refractivity contribution in [1.82, 2.24) is 10.2 Å². The molecule has 1 aromatic heterocycles.